The molecular weight excluding hydrogens is 527 g/mol. The van der Waals surface area contributed by atoms with Gasteiger partial charge in [0.2, 0.25) is 0 Å². The molecule has 0 spiro atoms. The number of thiophene rings is 1. The van der Waals surface area contributed by atoms with E-state index in [0.717, 1.165) is 16.9 Å². The highest BCUT2D eigenvalue weighted by Gasteiger charge is 2.29. The molecule has 1 aliphatic rings. The van der Waals surface area contributed by atoms with E-state index in [1.54, 1.807) is 52.2 Å². The fourth-order valence-electron chi connectivity index (χ4n) is 5.08. The van der Waals surface area contributed by atoms with Crippen molar-refractivity contribution in [1.29, 1.82) is 0 Å². The summed E-state index contributed by atoms with van der Waals surface area (Å²) in [5.41, 5.74) is 2.28. The minimum Gasteiger partial charge on any atom is -0.454 e. The molecule has 2 aromatic heterocycles. The number of hydrogen-bond acceptors (Lipinski definition) is 5. The lowest BCUT2D eigenvalue weighted by Crippen LogP contribution is -2.30. The van der Waals surface area contributed by atoms with Gasteiger partial charge < -0.3 is 14.4 Å². The Bertz CT molecular complexity index is 1870. The SMILES string of the molecule is Cc1cc(F)cc2c1Oc1ccc(C(C)(C)O)cc1-c1cn(C)c(=O)c3sc(cc13)C(=O)N2Cc1ccccc1. The number of carbonyl (C=O) groups excluding carboxylic acids is 1. The summed E-state index contributed by atoms with van der Waals surface area (Å²) in [7, 11) is 1.67. The molecular formula is C32H27FN2O4S. The molecule has 8 heteroatoms. The van der Waals surface area contributed by atoms with Crippen LogP contribution in [0.2, 0.25) is 0 Å². The highest BCUT2D eigenvalue weighted by Crippen LogP contribution is 2.45. The first kappa shape index (κ1) is 26.0. The van der Waals surface area contributed by atoms with Crippen molar-refractivity contribution in [1.82, 2.24) is 4.57 Å². The Kier molecular flexibility index (Phi) is 6.12. The summed E-state index contributed by atoms with van der Waals surface area (Å²) < 4.78 is 23.4. The monoisotopic (exact) mass is 554 g/mol. The molecule has 3 heterocycles. The van der Waals surface area contributed by atoms with Crippen molar-refractivity contribution in [2.45, 2.75) is 32.9 Å². The van der Waals surface area contributed by atoms with Gasteiger partial charge in [-0.05, 0) is 61.7 Å². The minimum atomic E-state index is -1.14. The van der Waals surface area contributed by atoms with Gasteiger partial charge in [0.15, 0.2) is 5.75 Å². The van der Waals surface area contributed by atoms with E-state index < -0.39 is 11.4 Å². The number of ether oxygens (including phenoxy) is 1. The van der Waals surface area contributed by atoms with Gasteiger partial charge >= 0.3 is 0 Å². The number of aryl methyl sites for hydroxylation is 2. The van der Waals surface area contributed by atoms with E-state index in [4.69, 9.17) is 4.74 Å². The van der Waals surface area contributed by atoms with E-state index in [1.807, 2.05) is 36.4 Å². The second-order valence-corrected chi connectivity index (χ2v) is 11.7. The molecule has 0 saturated carbocycles. The molecule has 202 valence electrons. The lowest BCUT2D eigenvalue weighted by Gasteiger charge is -2.27. The van der Waals surface area contributed by atoms with Crippen LogP contribution in [0, 0.1) is 12.7 Å². The van der Waals surface area contributed by atoms with Crippen LogP contribution in [0.15, 0.2) is 77.7 Å². The van der Waals surface area contributed by atoms with Gasteiger partial charge in [-0.25, -0.2) is 4.39 Å². The van der Waals surface area contributed by atoms with E-state index in [1.165, 1.54) is 21.6 Å². The summed E-state index contributed by atoms with van der Waals surface area (Å²) in [5, 5.41) is 11.4. The third-order valence-corrected chi connectivity index (χ3v) is 8.31. The lowest BCUT2D eigenvalue weighted by molar-refractivity contribution is 0.0786. The first-order valence-electron chi connectivity index (χ1n) is 12.9. The Labute approximate surface area is 234 Å². The quantitative estimate of drug-likeness (QED) is 0.264. The molecule has 1 amide bonds. The van der Waals surface area contributed by atoms with Crippen LogP contribution < -0.4 is 15.2 Å². The van der Waals surface area contributed by atoms with Gasteiger partial charge in [-0.1, -0.05) is 36.4 Å². The Morgan fingerprint density at radius 1 is 1.00 bits per heavy atom. The van der Waals surface area contributed by atoms with Crippen molar-refractivity contribution in [2.24, 2.45) is 7.05 Å². The number of halogens is 1. The van der Waals surface area contributed by atoms with E-state index >= 15 is 0 Å². The number of rotatable bonds is 3. The van der Waals surface area contributed by atoms with Crippen molar-refractivity contribution < 1.29 is 19.0 Å². The zero-order valence-corrected chi connectivity index (χ0v) is 23.3. The number of benzene rings is 3. The van der Waals surface area contributed by atoms with Crippen LogP contribution in [0.4, 0.5) is 10.1 Å². The molecule has 0 atom stereocenters. The predicted octanol–water partition coefficient (Wildman–Crippen LogP) is 6.89. The maximum atomic E-state index is 14.9. The number of carbonyl (C=O) groups is 1. The first-order valence-corrected chi connectivity index (χ1v) is 13.7. The number of nitrogens with zero attached hydrogens (tertiary/aromatic N) is 2. The number of aromatic nitrogens is 1. The normalized spacial score (nSPS) is 13.2. The topological polar surface area (TPSA) is 71.8 Å². The molecule has 5 aromatic rings. The molecule has 3 aromatic carbocycles. The summed E-state index contributed by atoms with van der Waals surface area (Å²) in [5.74, 6) is -0.0627. The Balaban J connectivity index is 1.71. The Morgan fingerprint density at radius 2 is 1.75 bits per heavy atom. The van der Waals surface area contributed by atoms with Crippen molar-refractivity contribution in [3.63, 3.8) is 0 Å². The number of aliphatic hydroxyl groups is 1. The van der Waals surface area contributed by atoms with Crippen LogP contribution >= 0.6 is 11.3 Å². The zero-order chi connectivity index (χ0) is 28.3. The number of hydrogen-bond donors (Lipinski definition) is 1. The molecule has 0 fully saturated rings. The summed E-state index contributed by atoms with van der Waals surface area (Å²) in [6, 6.07) is 19.3. The smallest absolute Gasteiger partial charge is 0.268 e. The Hall–Kier alpha value is -4.27. The average molecular weight is 555 g/mol. The van der Waals surface area contributed by atoms with Crippen LogP contribution in [-0.4, -0.2) is 15.6 Å². The maximum Gasteiger partial charge on any atom is 0.268 e. The average Bonchev–Trinajstić information content (AvgIpc) is 3.36. The number of fused-ring (bicyclic) bond motifs is 4. The molecule has 0 saturated heterocycles. The van der Waals surface area contributed by atoms with Gasteiger partial charge in [0.1, 0.15) is 16.3 Å². The van der Waals surface area contributed by atoms with Crippen molar-refractivity contribution in [3.8, 4) is 22.6 Å². The fraction of sp³-hybridized carbons (Fsp3) is 0.188. The highest BCUT2D eigenvalue weighted by molar-refractivity contribution is 7.21. The molecule has 0 radical (unpaired) electrons. The van der Waals surface area contributed by atoms with Crippen LogP contribution in [0.3, 0.4) is 0 Å². The number of anilines is 1. The highest BCUT2D eigenvalue weighted by atomic mass is 32.1. The fourth-order valence-corrected chi connectivity index (χ4v) is 6.19. The van der Waals surface area contributed by atoms with Crippen LogP contribution in [0.1, 0.15) is 40.2 Å². The molecule has 6 rings (SSSR count). The maximum absolute atomic E-state index is 14.9. The van der Waals surface area contributed by atoms with E-state index in [9.17, 15) is 19.1 Å². The van der Waals surface area contributed by atoms with Gasteiger partial charge in [0.05, 0.1) is 22.7 Å². The second kappa shape index (κ2) is 9.43. The minimum absolute atomic E-state index is 0.169. The van der Waals surface area contributed by atoms with E-state index in [-0.39, 0.29) is 23.7 Å². The Morgan fingerprint density at radius 3 is 2.48 bits per heavy atom. The number of amides is 1. The predicted molar refractivity (Wildman–Crippen MR) is 156 cm³/mol. The summed E-state index contributed by atoms with van der Waals surface area (Å²) >= 11 is 1.12. The van der Waals surface area contributed by atoms with Crippen molar-refractivity contribution >= 4 is 33.0 Å². The van der Waals surface area contributed by atoms with Gasteiger partial charge in [-0.2, -0.15) is 0 Å². The first-order chi connectivity index (χ1) is 19.0. The van der Waals surface area contributed by atoms with Crippen LogP contribution in [0.5, 0.6) is 11.5 Å². The summed E-state index contributed by atoms with van der Waals surface area (Å²) in [4.78, 5) is 29.3. The number of pyridine rings is 1. The standard InChI is InChI=1S/C32H27FN2O4S/c1-18-12-21(33)14-25-28(18)39-26-11-10-20(32(2,3)38)13-22(26)24-17-34(4)31(37)29-23(24)15-27(40-29)30(36)35(25)16-19-8-6-5-7-9-19/h5-15,17,38H,16H2,1-4H3. The van der Waals surface area contributed by atoms with Gasteiger partial charge in [-0.3, -0.25) is 14.5 Å². The molecule has 40 heavy (non-hydrogen) atoms. The van der Waals surface area contributed by atoms with Gasteiger partial charge in [-0.15, -0.1) is 11.3 Å². The molecule has 0 aliphatic carbocycles. The molecule has 1 N–H and O–H groups in total. The molecule has 1 aliphatic heterocycles. The third kappa shape index (κ3) is 4.39. The molecule has 6 nitrogen and oxygen atoms in total. The van der Waals surface area contributed by atoms with Crippen molar-refractivity contribution in [2.75, 3.05) is 4.90 Å². The molecule has 0 unspecified atom stereocenters. The van der Waals surface area contributed by atoms with Gasteiger partial charge in [0, 0.05) is 35.8 Å². The van der Waals surface area contributed by atoms with Crippen molar-refractivity contribution in [3.05, 3.63) is 111 Å². The lowest BCUT2D eigenvalue weighted by atomic mass is 9.93. The van der Waals surface area contributed by atoms with Crippen LogP contribution in [-0.2, 0) is 19.2 Å². The largest absolute Gasteiger partial charge is 0.454 e. The summed E-state index contributed by atoms with van der Waals surface area (Å²) in [6.45, 7) is 5.30. The third-order valence-electron chi connectivity index (χ3n) is 7.20. The van der Waals surface area contributed by atoms with E-state index in [0.29, 0.717) is 48.7 Å². The molecule has 2 bridgehead atoms. The zero-order valence-electron chi connectivity index (χ0n) is 22.5. The van der Waals surface area contributed by atoms with Crippen LogP contribution in [0.25, 0.3) is 21.2 Å². The summed E-state index contributed by atoms with van der Waals surface area (Å²) in [6.07, 6.45) is 1.72. The van der Waals surface area contributed by atoms with Gasteiger partial charge in [0.25, 0.3) is 11.5 Å². The second-order valence-electron chi connectivity index (χ2n) is 10.6. The van der Waals surface area contributed by atoms with E-state index in [2.05, 4.69) is 0 Å².